The molecule has 6 nitrogen and oxygen atoms in total. The lowest BCUT2D eigenvalue weighted by Crippen LogP contribution is -2.26. The van der Waals surface area contributed by atoms with Crippen LogP contribution in [0.25, 0.3) is 0 Å². The maximum atomic E-state index is 13.2. The highest BCUT2D eigenvalue weighted by Crippen LogP contribution is 2.44. The number of rotatable bonds is 9. The first-order valence-corrected chi connectivity index (χ1v) is 14.4. The number of fused-ring (bicyclic) bond motifs is 1. The minimum atomic E-state index is -0.446. The first-order valence-electron chi connectivity index (χ1n) is 14.4. The second-order valence-corrected chi connectivity index (χ2v) is 10.9. The number of unbranched alkanes of at least 4 members (excludes halogenated alkanes) is 1. The van der Waals surface area contributed by atoms with E-state index in [0.29, 0.717) is 35.3 Å². The molecule has 0 spiro atoms. The normalized spacial score (nSPS) is 20.0. The first-order chi connectivity index (χ1) is 19.9. The Labute approximate surface area is 240 Å². The van der Waals surface area contributed by atoms with E-state index in [2.05, 4.69) is 13.0 Å². The van der Waals surface area contributed by atoms with Gasteiger partial charge in [-0.25, -0.2) is 4.39 Å². The van der Waals surface area contributed by atoms with Gasteiger partial charge in [0, 0.05) is 11.6 Å². The van der Waals surface area contributed by atoms with Crippen molar-refractivity contribution >= 4 is 5.97 Å². The lowest BCUT2D eigenvalue weighted by molar-refractivity contribution is -0.140. The Balaban J connectivity index is 1.28. The highest BCUT2D eigenvalue weighted by molar-refractivity contribution is 5.75. The number of esters is 1. The second kappa shape index (κ2) is 12.9. The summed E-state index contributed by atoms with van der Waals surface area (Å²) in [5.74, 6) is 1.21. The van der Waals surface area contributed by atoms with Crippen LogP contribution in [0.3, 0.4) is 0 Å². The molecule has 1 fully saturated rings. The smallest absolute Gasteiger partial charge is 0.314 e. The molecule has 1 aliphatic heterocycles. The second-order valence-electron chi connectivity index (χ2n) is 10.9. The molecule has 0 aromatic heterocycles. The van der Waals surface area contributed by atoms with Gasteiger partial charge in [0.2, 0.25) is 5.88 Å². The van der Waals surface area contributed by atoms with Crippen LogP contribution in [-0.4, -0.2) is 5.97 Å². The zero-order valence-corrected chi connectivity index (χ0v) is 23.3. The molecule has 2 aliphatic rings. The van der Waals surface area contributed by atoms with Crippen molar-refractivity contribution < 1.29 is 23.4 Å². The molecule has 3 aromatic carbocycles. The SMILES string of the molecule is CCCCC1CCC(C(=O)Oc2ccc3c(c2)OC(N)=C(C#N)C3c2ccc(OCc3ccc(F)cc3)cc2)CC1. The van der Waals surface area contributed by atoms with Crippen molar-refractivity contribution in [3.63, 3.8) is 0 Å². The highest BCUT2D eigenvalue weighted by atomic mass is 19.1. The van der Waals surface area contributed by atoms with E-state index in [1.165, 1.54) is 31.4 Å². The number of halogens is 1. The van der Waals surface area contributed by atoms with Gasteiger partial charge in [-0.2, -0.15) is 5.26 Å². The van der Waals surface area contributed by atoms with Crippen LogP contribution < -0.4 is 19.9 Å². The summed E-state index contributed by atoms with van der Waals surface area (Å²) in [6, 6.07) is 21.0. The van der Waals surface area contributed by atoms with E-state index in [9.17, 15) is 14.4 Å². The van der Waals surface area contributed by atoms with Crippen LogP contribution in [0, 0.1) is 29.0 Å². The molecule has 1 aliphatic carbocycles. The van der Waals surface area contributed by atoms with E-state index in [4.69, 9.17) is 19.9 Å². The fourth-order valence-corrected chi connectivity index (χ4v) is 5.73. The largest absolute Gasteiger partial charge is 0.489 e. The molecule has 1 unspecified atom stereocenters. The van der Waals surface area contributed by atoms with Crippen molar-refractivity contribution in [3.8, 4) is 23.3 Å². The lowest BCUT2D eigenvalue weighted by Gasteiger charge is -2.28. The maximum absolute atomic E-state index is 13.2. The number of carbonyl (C=O) groups is 1. The van der Waals surface area contributed by atoms with Crippen molar-refractivity contribution in [3.05, 3.63) is 101 Å². The summed E-state index contributed by atoms with van der Waals surface area (Å²) >= 11 is 0. The van der Waals surface area contributed by atoms with Crippen LogP contribution in [0.1, 0.15) is 74.5 Å². The van der Waals surface area contributed by atoms with Crippen molar-refractivity contribution in [2.75, 3.05) is 0 Å². The van der Waals surface area contributed by atoms with Gasteiger partial charge >= 0.3 is 5.97 Å². The number of nitriles is 1. The van der Waals surface area contributed by atoms with E-state index < -0.39 is 5.92 Å². The molecule has 1 heterocycles. The van der Waals surface area contributed by atoms with Gasteiger partial charge in [0.05, 0.1) is 11.8 Å². The fraction of sp³-hybridized carbons (Fsp3) is 0.353. The molecular formula is C34H35FN2O4. The van der Waals surface area contributed by atoms with Crippen LogP contribution in [0.4, 0.5) is 4.39 Å². The Bertz CT molecular complexity index is 1440. The van der Waals surface area contributed by atoms with Gasteiger partial charge in [0.25, 0.3) is 0 Å². The molecule has 7 heteroatoms. The van der Waals surface area contributed by atoms with Crippen LogP contribution >= 0.6 is 0 Å². The Morgan fingerprint density at radius 3 is 2.41 bits per heavy atom. The van der Waals surface area contributed by atoms with Crippen LogP contribution in [0.2, 0.25) is 0 Å². The summed E-state index contributed by atoms with van der Waals surface area (Å²) in [5, 5.41) is 9.90. The number of nitrogens with zero attached hydrogens (tertiary/aromatic N) is 1. The predicted molar refractivity (Wildman–Crippen MR) is 154 cm³/mol. The van der Waals surface area contributed by atoms with E-state index >= 15 is 0 Å². The molecule has 0 radical (unpaired) electrons. The summed E-state index contributed by atoms with van der Waals surface area (Å²) in [5.41, 5.74) is 8.93. The zero-order valence-electron chi connectivity index (χ0n) is 23.3. The van der Waals surface area contributed by atoms with Crippen molar-refractivity contribution in [2.24, 2.45) is 17.6 Å². The Morgan fingerprint density at radius 2 is 1.73 bits per heavy atom. The van der Waals surface area contributed by atoms with Gasteiger partial charge in [0.1, 0.15) is 41.3 Å². The third-order valence-electron chi connectivity index (χ3n) is 8.09. The standard InChI is InChI=1S/C34H35FN2O4/c1-2-3-4-22-5-9-25(10-6-22)34(38)40-28-17-18-29-31(19-28)41-33(37)30(20-36)32(29)24-11-15-27(16-12-24)39-21-23-7-13-26(35)14-8-23/h7-8,11-19,22,25,32H,2-6,9-10,21,37H2,1H3. The average molecular weight is 555 g/mol. The highest BCUT2D eigenvalue weighted by Gasteiger charge is 2.32. The third kappa shape index (κ3) is 6.71. The monoisotopic (exact) mass is 554 g/mol. The van der Waals surface area contributed by atoms with Crippen molar-refractivity contribution in [1.82, 2.24) is 0 Å². The van der Waals surface area contributed by atoms with Crippen LogP contribution in [-0.2, 0) is 11.4 Å². The molecule has 1 atom stereocenters. The summed E-state index contributed by atoms with van der Waals surface area (Å²) < 4.78 is 30.6. The molecule has 0 amide bonds. The van der Waals surface area contributed by atoms with Gasteiger partial charge in [-0.3, -0.25) is 4.79 Å². The Morgan fingerprint density at radius 1 is 1.02 bits per heavy atom. The molecule has 1 saturated carbocycles. The Kier molecular flexibility index (Phi) is 8.88. The minimum absolute atomic E-state index is 0.0236. The molecule has 5 rings (SSSR count). The van der Waals surface area contributed by atoms with Gasteiger partial charge in [0.15, 0.2) is 0 Å². The number of ether oxygens (including phenoxy) is 3. The summed E-state index contributed by atoms with van der Waals surface area (Å²) in [7, 11) is 0. The molecule has 0 saturated heterocycles. The van der Waals surface area contributed by atoms with Crippen LogP contribution in [0.5, 0.6) is 17.2 Å². The number of nitrogens with two attached hydrogens (primary N) is 1. The molecule has 3 aromatic rings. The summed E-state index contributed by atoms with van der Waals surface area (Å²) in [6.45, 7) is 2.51. The lowest BCUT2D eigenvalue weighted by atomic mass is 9.80. The summed E-state index contributed by atoms with van der Waals surface area (Å²) in [4.78, 5) is 12.9. The quantitative estimate of drug-likeness (QED) is 0.217. The van der Waals surface area contributed by atoms with E-state index in [0.717, 1.165) is 42.4 Å². The molecular weight excluding hydrogens is 519 g/mol. The van der Waals surface area contributed by atoms with Crippen molar-refractivity contribution in [2.45, 2.75) is 64.4 Å². The number of hydrogen-bond acceptors (Lipinski definition) is 6. The number of carbonyl (C=O) groups excluding carboxylic acids is 1. The topological polar surface area (TPSA) is 94.6 Å². The maximum Gasteiger partial charge on any atom is 0.314 e. The van der Waals surface area contributed by atoms with E-state index in [-0.39, 0.29) is 23.6 Å². The van der Waals surface area contributed by atoms with E-state index in [1.54, 1.807) is 24.3 Å². The fourth-order valence-electron chi connectivity index (χ4n) is 5.73. The zero-order chi connectivity index (χ0) is 28.8. The van der Waals surface area contributed by atoms with E-state index in [1.807, 2.05) is 30.3 Å². The predicted octanol–water partition coefficient (Wildman–Crippen LogP) is 7.52. The molecule has 2 N–H and O–H groups in total. The number of hydrogen-bond donors (Lipinski definition) is 1. The summed E-state index contributed by atoms with van der Waals surface area (Å²) in [6.07, 6.45) is 7.57. The van der Waals surface area contributed by atoms with Gasteiger partial charge in [-0.15, -0.1) is 0 Å². The average Bonchev–Trinajstić information content (AvgIpc) is 2.99. The minimum Gasteiger partial charge on any atom is -0.489 e. The molecule has 0 bridgehead atoms. The van der Waals surface area contributed by atoms with Gasteiger partial charge in [-0.05, 0) is 73.1 Å². The number of benzene rings is 3. The Hall–Kier alpha value is -4.31. The van der Waals surface area contributed by atoms with Crippen molar-refractivity contribution in [1.29, 1.82) is 5.26 Å². The van der Waals surface area contributed by atoms with Gasteiger partial charge in [-0.1, -0.05) is 56.5 Å². The third-order valence-corrected chi connectivity index (χ3v) is 8.09. The van der Waals surface area contributed by atoms with Gasteiger partial charge < -0.3 is 19.9 Å². The number of allylic oxidation sites excluding steroid dienone is 1. The molecule has 41 heavy (non-hydrogen) atoms. The van der Waals surface area contributed by atoms with Crippen LogP contribution in [0.15, 0.2) is 78.2 Å². The first kappa shape index (κ1) is 28.2. The molecule has 212 valence electrons.